The minimum Gasteiger partial charge on any atom is -0.373 e. The lowest BCUT2D eigenvalue weighted by atomic mass is 9.76. The molecule has 0 radical (unpaired) electrons. The molecule has 1 atom stereocenters. The van der Waals surface area contributed by atoms with Gasteiger partial charge in [-0.15, -0.1) is 0 Å². The molecule has 1 aliphatic carbocycles. The lowest BCUT2D eigenvalue weighted by molar-refractivity contribution is 0.0555. The van der Waals surface area contributed by atoms with Crippen molar-refractivity contribution in [3.05, 3.63) is 11.7 Å². The maximum atomic E-state index is 6.49. The van der Waals surface area contributed by atoms with E-state index in [1.165, 1.54) is 6.42 Å². The lowest BCUT2D eigenvalue weighted by Gasteiger charge is -2.33. The molecule has 0 aromatic carbocycles. The van der Waals surface area contributed by atoms with Crippen molar-refractivity contribution >= 4 is 0 Å². The summed E-state index contributed by atoms with van der Waals surface area (Å²) in [6.07, 6.45) is 5.22. The molecule has 1 aliphatic rings. The van der Waals surface area contributed by atoms with Crippen LogP contribution in [0.2, 0.25) is 0 Å². The van der Waals surface area contributed by atoms with Crippen LogP contribution < -0.4 is 5.73 Å². The highest BCUT2D eigenvalue weighted by Gasteiger charge is 2.38. The summed E-state index contributed by atoms with van der Waals surface area (Å²) in [5.41, 5.74) is 6.04. The van der Waals surface area contributed by atoms with Crippen molar-refractivity contribution in [2.24, 2.45) is 17.6 Å². The summed E-state index contributed by atoms with van der Waals surface area (Å²) < 4.78 is 10.9. The van der Waals surface area contributed by atoms with Gasteiger partial charge in [0.15, 0.2) is 0 Å². The van der Waals surface area contributed by atoms with Gasteiger partial charge >= 0.3 is 0 Å². The van der Waals surface area contributed by atoms with E-state index in [4.69, 9.17) is 15.0 Å². The summed E-state index contributed by atoms with van der Waals surface area (Å²) in [6.45, 7) is 6.40. The topological polar surface area (TPSA) is 74.2 Å². The third-order valence-corrected chi connectivity index (χ3v) is 4.56. The molecule has 0 bridgehead atoms. The normalized spacial score (nSPS) is 28.8. The van der Waals surface area contributed by atoms with Crippen LogP contribution in [0.15, 0.2) is 4.52 Å². The van der Waals surface area contributed by atoms with Gasteiger partial charge < -0.3 is 15.0 Å². The molecule has 0 aliphatic heterocycles. The first-order chi connectivity index (χ1) is 9.50. The van der Waals surface area contributed by atoms with E-state index in [-0.39, 0.29) is 6.10 Å². The van der Waals surface area contributed by atoms with Crippen molar-refractivity contribution in [2.75, 3.05) is 7.11 Å². The third kappa shape index (κ3) is 3.04. The molecular formula is C15H27N3O2. The molecule has 0 amide bonds. The van der Waals surface area contributed by atoms with Crippen molar-refractivity contribution in [1.82, 2.24) is 10.1 Å². The Bertz CT molecular complexity index is 423. The van der Waals surface area contributed by atoms with E-state index < -0.39 is 5.54 Å². The van der Waals surface area contributed by atoms with Crippen LogP contribution in [0.3, 0.4) is 0 Å². The number of nitrogens with two attached hydrogens (primary N) is 1. The Labute approximate surface area is 121 Å². The molecule has 1 unspecified atom stereocenters. The van der Waals surface area contributed by atoms with Crippen molar-refractivity contribution < 1.29 is 9.26 Å². The number of hydrogen-bond donors (Lipinski definition) is 1. The van der Waals surface area contributed by atoms with Crippen LogP contribution >= 0.6 is 0 Å². The molecule has 5 heteroatoms. The Balaban J connectivity index is 2.12. The van der Waals surface area contributed by atoms with Crippen molar-refractivity contribution in [2.45, 2.75) is 64.5 Å². The van der Waals surface area contributed by atoms with Gasteiger partial charge in [-0.3, -0.25) is 0 Å². The predicted octanol–water partition coefficient (Wildman–Crippen LogP) is 3.17. The van der Waals surface area contributed by atoms with Gasteiger partial charge in [-0.25, -0.2) is 0 Å². The van der Waals surface area contributed by atoms with E-state index in [0.29, 0.717) is 17.6 Å². The Morgan fingerprint density at radius 1 is 1.40 bits per heavy atom. The van der Waals surface area contributed by atoms with Gasteiger partial charge in [-0.05, 0) is 37.5 Å². The van der Waals surface area contributed by atoms with Crippen LogP contribution in [0, 0.1) is 11.8 Å². The second kappa shape index (κ2) is 6.22. The standard InChI is InChI=1S/C15H27N3O2/c1-5-11-6-8-15(16,9-7-11)14-17-13(18-20-14)12(19-4)10(2)3/h10-12H,5-9,16H2,1-4H3. The summed E-state index contributed by atoms with van der Waals surface area (Å²) in [5, 5.41) is 4.08. The fourth-order valence-corrected chi connectivity index (χ4v) is 3.04. The summed E-state index contributed by atoms with van der Waals surface area (Å²) in [5.74, 6) is 2.27. The quantitative estimate of drug-likeness (QED) is 0.897. The monoisotopic (exact) mass is 281 g/mol. The highest BCUT2D eigenvalue weighted by Crippen LogP contribution is 2.38. The number of methoxy groups -OCH3 is 1. The van der Waals surface area contributed by atoms with E-state index in [1.807, 2.05) is 0 Å². The average Bonchev–Trinajstić information content (AvgIpc) is 2.90. The predicted molar refractivity (Wildman–Crippen MR) is 77.0 cm³/mol. The Kier molecular flexibility index (Phi) is 4.81. The van der Waals surface area contributed by atoms with Gasteiger partial charge in [0.2, 0.25) is 11.7 Å². The second-order valence-corrected chi connectivity index (χ2v) is 6.37. The molecule has 20 heavy (non-hydrogen) atoms. The largest absolute Gasteiger partial charge is 0.373 e. The van der Waals surface area contributed by atoms with E-state index in [1.54, 1.807) is 7.11 Å². The SMILES string of the molecule is CCC1CCC(N)(c2nc(C(OC)C(C)C)no2)CC1. The van der Waals surface area contributed by atoms with Crippen molar-refractivity contribution in [1.29, 1.82) is 0 Å². The van der Waals surface area contributed by atoms with Gasteiger partial charge in [0.1, 0.15) is 6.10 Å². The maximum Gasteiger partial charge on any atom is 0.246 e. The van der Waals surface area contributed by atoms with Crippen molar-refractivity contribution in [3.8, 4) is 0 Å². The van der Waals surface area contributed by atoms with Crippen LogP contribution in [-0.4, -0.2) is 17.3 Å². The number of hydrogen-bond acceptors (Lipinski definition) is 5. The molecule has 2 N–H and O–H groups in total. The molecule has 1 saturated carbocycles. The van der Waals surface area contributed by atoms with Crippen LogP contribution in [0.1, 0.15) is 70.7 Å². The van der Waals surface area contributed by atoms with Crippen LogP contribution in [0.4, 0.5) is 0 Å². The van der Waals surface area contributed by atoms with E-state index in [9.17, 15) is 0 Å². The number of aromatic nitrogens is 2. The van der Waals surface area contributed by atoms with Gasteiger partial charge in [0.25, 0.3) is 0 Å². The fraction of sp³-hybridized carbons (Fsp3) is 0.867. The molecule has 1 aromatic heterocycles. The molecule has 1 heterocycles. The second-order valence-electron chi connectivity index (χ2n) is 6.37. The molecular weight excluding hydrogens is 254 g/mol. The molecule has 1 fully saturated rings. The molecule has 114 valence electrons. The fourth-order valence-electron chi connectivity index (χ4n) is 3.04. The molecule has 1 aromatic rings. The van der Waals surface area contributed by atoms with Crippen LogP contribution in [0.25, 0.3) is 0 Å². The van der Waals surface area contributed by atoms with Gasteiger partial charge in [0.05, 0.1) is 5.54 Å². The Hall–Kier alpha value is -0.940. The molecule has 0 saturated heterocycles. The summed E-state index contributed by atoms with van der Waals surface area (Å²) in [7, 11) is 1.67. The lowest BCUT2D eigenvalue weighted by Crippen LogP contribution is -2.40. The zero-order chi connectivity index (χ0) is 14.8. The summed E-state index contributed by atoms with van der Waals surface area (Å²) >= 11 is 0. The Morgan fingerprint density at radius 2 is 2.05 bits per heavy atom. The Morgan fingerprint density at radius 3 is 2.55 bits per heavy atom. The van der Waals surface area contributed by atoms with Gasteiger partial charge in [0, 0.05) is 7.11 Å². The minimum absolute atomic E-state index is 0.136. The summed E-state index contributed by atoms with van der Waals surface area (Å²) in [4.78, 5) is 4.52. The molecule has 5 nitrogen and oxygen atoms in total. The van der Waals surface area contributed by atoms with E-state index >= 15 is 0 Å². The highest BCUT2D eigenvalue weighted by atomic mass is 16.5. The molecule has 0 spiro atoms. The zero-order valence-corrected chi connectivity index (χ0v) is 13.1. The first-order valence-electron chi connectivity index (χ1n) is 7.66. The molecule has 2 rings (SSSR count). The van der Waals surface area contributed by atoms with Gasteiger partial charge in [-0.2, -0.15) is 4.98 Å². The van der Waals surface area contributed by atoms with E-state index in [0.717, 1.165) is 31.6 Å². The third-order valence-electron chi connectivity index (χ3n) is 4.56. The van der Waals surface area contributed by atoms with Crippen molar-refractivity contribution in [3.63, 3.8) is 0 Å². The number of nitrogens with zero attached hydrogens (tertiary/aromatic N) is 2. The van der Waals surface area contributed by atoms with E-state index in [2.05, 4.69) is 30.9 Å². The minimum atomic E-state index is -0.452. The summed E-state index contributed by atoms with van der Waals surface area (Å²) in [6, 6.07) is 0. The number of rotatable bonds is 5. The highest BCUT2D eigenvalue weighted by molar-refractivity contribution is 5.05. The maximum absolute atomic E-state index is 6.49. The van der Waals surface area contributed by atoms with Crippen LogP contribution in [-0.2, 0) is 10.3 Å². The first kappa shape index (κ1) is 15.4. The smallest absolute Gasteiger partial charge is 0.246 e. The first-order valence-corrected chi connectivity index (χ1v) is 7.66. The average molecular weight is 281 g/mol. The zero-order valence-electron chi connectivity index (χ0n) is 13.1. The van der Waals surface area contributed by atoms with Gasteiger partial charge in [-0.1, -0.05) is 32.3 Å². The number of ether oxygens (including phenoxy) is 1. The van der Waals surface area contributed by atoms with Crippen LogP contribution in [0.5, 0.6) is 0 Å².